The van der Waals surface area contributed by atoms with E-state index in [9.17, 15) is 8.42 Å². The first-order valence-electron chi connectivity index (χ1n) is 5.26. The molecule has 0 aliphatic rings. The molecular weight excluding hydrogens is 228 g/mol. The predicted molar refractivity (Wildman–Crippen MR) is 60.6 cm³/mol. The van der Waals surface area contributed by atoms with Crippen LogP contribution in [0.1, 0.15) is 26.0 Å². The second-order valence-corrected chi connectivity index (χ2v) is 5.97. The van der Waals surface area contributed by atoms with Gasteiger partial charge in [0.05, 0.1) is 24.3 Å². The van der Waals surface area contributed by atoms with Gasteiger partial charge in [0.25, 0.3) is 0 Å². The third-order valence-corrected chi connectivity index (χ3v) is 4.63. The average Bonchev–Trinajstić information content (AvgIpc) is 2.59. The van der Waals surface area contributed by atoms with Crippen LogP contribution in [0.25, 0.3) is 0 Å². The molecule has 1 atom stereocenters. The number of nitrogens with zero attached hydrogens (tertiary/aromatic N) is 2. The molecule has 0 radical (unpaired) electrons. The van der Waals surface area contributed by atoms with Crippen LogP contribution in [0.4, 0.5) is 0 Å². The number of rotatable bonds is 5. The Bertz CT molecular complexity index is 451. The summed E-state index contributed by atoms with van der Waals surface area (Å²) in [5, 5.41) is 9.01. The van der Waals surface area contributed by atoms with Gasteiger partial charge in [0.15, 0.2) is 0 Å². The molecule has 6 heteroatoms. The topological polar surface area (TPSA) is 72.2 Å². The molecule has 5 nitrogen and oxygen atoms in total. The van der Waals surface area contributed by atoms with Crippen molar-refractivity contribution in [3.8, 4) is 0 Å². The van der Waals surface area contributed by atoms with Gasteiger partial charge in [-0.1, -0.05) is 20.3 Å². The van der Waals surface area contributed by atoms with Gasteiger partial charge in [-0.2, -0.15) is 0 Å². The van der Waals surface area contributed by atoms with Gasteiger partial charge >= 0.3 is 0 Å². The fourth-order valence-electron chi connectivity index (χ4n) is 1.43. The second-order valence-electron chi connectivity index (χ2n) is 4.04. The van der Waals surface area contributed by atoms with E-state index in [2.05, 4.69) is 4.98 Å². The Kier molecular flexibility index (Phi) is 4.09. The highest BCUT2D eigenvalue weighted by Crippen LogP contribution is 2.15. The van der Waals surface area contributed by atoms with E-state index in [0.29, 0.717) is 5.69 Å². The maximum absolute atomic E-state index is 12.0. The molecule has 0 aliphatic carbocycles. The first-order chi connectivity index (χ1) is 7.42. The Hall–Kier alpha value is -0.880. The van der Waals surface area contributed by atoms with Crippen molar-refractivity contribution >= 4 is 9.84 Å². The fourth-order valence-corrected chi connectivity index (χ4v) is 3.31. The number of hydrogen-bond acceptors (Lipinski definition) is 4. The predicted octanol–water partition coefficient (Wildman–Crippen LogP) is 0.732. The minimum absolute atomic E-state index is 0.0388. The van der Waals surface area contributed by atoms with Crippen LogP contribution in [0.15, 0.2) is 11.4 Å². The Morgan fingerprint density at radius 1 is 1.56 bits per heavy atom. The smallest absolute Gasteiger partial charge is 0.227 e. The molecule has 1 N–H and O–H groups in total. The standard InChI is InChI=1S/C10H18N2O3S/c1-4-8(2)7-16(14,15)10-11-5-9(6-13)12(10)3/h5,8,13H,4,6-7H2,1-3H3/t8-/m0/s1. The molecule has 92 valence electrons. The molecule has 0 saturated carbocycles. The zero-order valence-electron chi connectivity index (χ0n) is 9.84. The molecule has 1 aromatic heterocycles. The van der Waals surface area contributed by atoms with Crippen molar-refractivity contribution in [2.24, 2.45) is 13.0 Å². The van der Waals surface area contributed by atoms with Gasteiger partial charge in [-0.3, -0.25) is 0 Å². The summed E-state index contributed by atoms with van der Waals surface area (Å²) in [5.74, 6) is 0.207. The summed E-state index contributed by atoms with van der Waals surface area (Å²) in [4.78, 5) is 3.86. The second kappa shape index (κ2) is 4.97. The van der Waals surface area contributed by atoms with Gasteiger partial charge in [0, 0.05) is 7.05 Å². The van der Waals surface area contributed by atoms with Gasteiger partial charge in [-0.25, -0.2) is 13.4 Å². The zero-order valence-corrected chi connectivity index (χ0v) is 10.7. The third-order valence-electron chi connectivity index (χ3n) is 2.68. The van der Waals surface area contributed by atoms with Crippen LogP contribution in [0.3, 0.4) is 0 Å². The summed E-state index contributed by atoms with van der Waals surface area (Å²) in [5.41, 5.74) is 0.503. The number of aliphatic hydroxyl groups is 1. The lowest BCUT2D eigenvalue weighted by molar-refractivity contribution is 0.271. The highest BCUT2D eigenvalue weighted by Gasteiger charge is 2.23. The summed E-state index contributed by atoms with van der Waals surface area (Å²) in [6.45, 7) is 3.65. The van der Waals surface area contributed by atoms with Gasteiger partial charge in [-0.15, -0.1) is 0 Å². The molecule has 0 fully saturated rings. The van der Waals surface area contributed by atoms with Gasteiger partial charge < -0.3 is 9.67 Å². The number of aromatic nitrogens is 2. The molecule has 1 heterocycles. The minimum Gasteiger partial charge on any atom is -0.390 e. The first kappa shape index (κ1) is 13.2. The van der Waals surface area contributed by atoms with E-state index >= 15 is 0 Å². The van der Waals surface area contributed by atoms with Crippen molar-refractivity contribution < 1.29 is 13.5 Å². The summed E-state index contributed by atoms with van der Waals surface area (Å²) < 4.78 is 25.4. The number of imidazole rings is 1. The normalized spacial score (nSPS) is 14.0. The van der Waals surface area contributed by atoms with Gasteiger partial charge in [-0.05, 0) is 5.92 Å². The van der Waals surface area contributed by atoms with Crippen molar-refractivity contribution in [1.29, 1.82) is 0 Å². The monoisotopic (exact) mass is 246 g/mol. The highest BCUT2D eigenvalue weighted by atomic mass is 32.2. The molecule has 0 aromatic carbocycles. The van der Waals surface area contributed by atoms with E-state index in [1.165, 1.54) is 10.8 Å². The van der Waals surface area contributed by atoms with Crippen LogP contribution in [-0.2, 0) is 23.5 Å². The Morgan fingerprint density at radius 3 is 2.62 bits per heavy atom. The molecule has 1 rings (SSSR count). The van der Waals surface area contributed by atoms with Crippen molar-refractivity contribution in [3.63, 3.8) is 0 Å². The van der Waals surface area contributed by atoms with Gasteiger partial charge in [0.1, 0.15) is 0 Å². The quantitative estimate of drug-likeness (QED) is 0.831. The van der Waals surface area contributed by atoms with Crippen molar-refractivity contribution in [2.75, 3.05) is 5.75 Å². The van der Waals surface area contributed by atoms with Crippen LogP contribution in [0.5, 0.6) is 0 Å². The highest BCUT2D eigenvalue weighted by molar-refractivity contribution is 7.91. The minimum atomic E-state index is -3.35. The van der Waals surface area contributed by atoms with E-state index < -0.39 is 9.84 Å². The lowest BCUT2D eigenvalue weighted by Gasteiger charge is -2.09. The maximum atomic E-state index is 12.0. The van der Waals surface area contributed by atoms with Crippen LogP contribution in [-0.4, -0.2) is 28.8 Å². The number of aliphatic hydroxyl groups excluding tert-OH is 1. The number of hydrogen-bond donors (Lipinski definition) is 1. The summed E-state index contributed by atoms with van der Waals surface area (Å²) in [6, 6.07) is 0. The van der Waals surface area contributed by atoms with Crippen LogP contribution < -0.4 is 0 Å². The number of sulfone groups is 1. The molecule has 16 heavy (non-hydrogen) atoms. The zero-order chi connectivity index (χ0) is 12.3. The first-order valence-corrected chi connectivity index (χ1v) is 6.91. The molecule has 0 saturated heterocycles. The molecule has 0 spiro atoms. The maximum Gasteiger partial charge on any atom is 0.227 e. The van der Waals surface area contributed by atoms with Crippen LogP contribution in [0, 0.1) is 5.92 Å². The Labute approximate surface area is 96.0 Å². The lowest BCUT2D eigenvalue weighted by atomic mass is 10.2. The molecule has 0 unspecified atom stereocenters. The Balaban J connectivity index is 3.03. The van der Waals surface area contributed by atoms with Crippen LogP contribution in [0.2, 0.25) is 0 Å². The van der Waals surface area contributed by atoms with Crippen molar-refractivity contribution in [1.82, 2.24) is 9.55 Å². The van der Waals surface area contributed by atoms with Crippen molar-refractivity contribution in [2.45, 2.75) is 32.0 Å². The van der Waals surface area contributed by atoms with E-state index in [-0.39, 0.29) is 23.4 Å². The lowest BCUT2D eigenvalue weighted by Crippen LogP contribution is -2.17. The largest absolute Gasteiger partial charge is 0.390 e. The van der Waals surface area contributed by atoms with Crippen LogP contribution >= 0.6 is 0 Å². The summed E-state index contributed by atoms with van der Waals surface area (Å²) >= 11 is 0. The van der Waals surface area contributed by atoms with Gasteiger partial charge in [0.2, 0.25) is 15.0 Å². The summed E-state index contributed by atoms with van der Waals surface area (Å²) in [7, 11) is -1.75. The SMILES string of the molecule is CC[C@H](C)CS(=O)(=O)c1ncc(CO)n1C. The average molecular weight is 246 g/mol. The molecule has 1 aromatic rings. The third kappa shape index (κ3) is 2.62. The van der Waals surface area contributed by atoms with E-state index in [1.54, 1.807) is 7.05 Å². The molecule has 0 amide bonds. The van der Waals surface area contributed by atoms with Crippen molar-refractivity contribution in [3.05, 3.63) is 11.9 Å². The van der Waals surface area contributed by atoms with E-state index in [1.807, 2.05) is 13.8 Å². The van der Waals surface area contributed by atoms with E-state index in [0.717, 1.165) is 6.42 Å². The Morgan fingerprint density at radius 2 is 2.19 bits per heavy atom. The van der Waals surface area contributed by atoms with E-state index in [4.69, 9.17) is 5.11 Å². The molecule has 0 bridgehead atoms. The molecular formula is C10H18N2O3S. The summed E-state index contributed by atoms with van der Waals surface area (Å²) in [6.07, 6.45) is 2.21. The molecule has 0 aliphatic heterocycles. The fraction of sp³-hybridized carbons (Fsp3) is 0.700.